The van der Waals surface area contributed by atoms with Gasteiger partial charge in [0.1, 0.15) is 11.9 Å². The molecule has 2 aliphatic rings. The van der Waals surface area contributed by atoms with Crippen LogP contribution in [0.4, 0.5) is 5.69 Å². The Morgan fingerprint density at radius 2 is 2.29 bits per heavy atom. The zero-order chi connectivity index (χ0) is 11.7. The molecule has 1 aromatic carbocycles. The van der Waals surface area contributed by atoms with Crippen molar-refractivity contribution in [1.29, 1.82) is 0 Å². The molecule has 1 amide bonds. The number of rotatable bonds is 2. The SMILES string of the molecule is O=C(Nc1cccc2c1OCC2)C1CCCO1. The first-order chi connectivity index (χ1) is 8.34. The Kier molecular flexibility index (Phi) is 2.73. The number of carbonyl (C=O) groups excluding carboxylic acids is 1. The van der Waals surface area contributed by atoms with Crippen molar-refractivity contribution < 1.29 is 14.3 Å². The van der Waals surface area contributed by atoms with Crippen molar-refractivity contribution in [3.8, 4) is 5.75 Å². The lowest BCUT2D eigenvalue weighted by molar-refractivity contribution is -0.124. The lowest BCUT2D eigenvalue weighted by Crippen LogP contribution is -2.27. The van der Waals surface area contributed by atoms with E-state index >= 15 is 0 Å². The van der Waals surface area contributed by atoms with Crippen molar-refractivity contribution in [3.63, 3.8) is 0 Å². The lowest BCUT2D eigenvalue weighted by Gasteiger charge is -2.12. The molecule has 2 heterocycles. The third kappa shape index (κ3) is 2.00. The van der Waals surface area contributed by atoms with Gasteiger partial charge in [-0.25, -0.2) is 0 Å². The highest BCUT2D eigenvalue weighted by Crippen LogP contribution is 2.33. The highest BCUT2D eigenvalue weighted by molar-refractivity contribution is 5.95. The molecule has 1 N–H and O–H groups in total. The smallest absolute Gasteiger partial charge is 0.253 e. The third-order valence-electron chi connectivity index (χ3n) is 3.19. The van der Waals surface area contributed by atoms with Crippen LogP contribution in [0.5, 0.6) is 5.75 Å². The van der Waals surface area contributed by atoms with Crippen LogP contribution >= 0.6 is 0 Å². The van der Waals surface area contributed by atoms with Gasteiger partial charge in [0.15, 0.2) is 0 Å². The van der Waals surface area contributed by atoms with Crippen molar-refractivity contribution in [2.75, 3.05) is 18.5 Å². The standard InChI is InChI=1S/C13H15NO3/c15-13(11-5-2-7-16-11)14-10-4-1-3-9-6-8-17-12(9)10/h1,3-4,11H,2,5-8H2,(H,14,15). The van der Waals surface area contributed by atoms with Crippen LogP contribution in [-0.2, 0) is 16.0 Å². The summed E-state index contributed by atoms with van der Waals surface area (Å²) in [4.78, 5) is 11.9. The number of fused-ring (bicyclic) bond motifs is 1. The fourth-order valence-corrected chi connectivity index (χ4v) is 2.31. The monoisotopic (exact) mass is 233 g/mol. The molecule has 0 saturated carbocycles. The first-order valence-electron chi connectivity index (χ1n) is 6.02. The molecule has 0 aromatic heterocycles. The van der Waals surface area contributed by atoms with Crippen molar-refractivity contribution in [1.82, 2.24) is 0 Å². The molecule has 1 aromatic rings. The second kappa shape index (κ2) is 4.37. The molecule has 0 spiro atoms. The minimum atomic E-state index is -0.299. The van der Waals surface area contributed by atoms with E-state index in [9.17, 15) is 4.79 Å². The molecule has 1 atom stereocenters. The van der Waals surface area contributed by atoms with E-state index in [1.807, 2.05) is 18.2 Å². The van der Waals surface area contributed by atoms with Gasteiger partial charge in [0.2, 0.25) is 0 Å². The topological polar surface area (TPSA) is 47.6 Å². The second-order valence-electron chi connectivity index (χ2n) is 4.38. The molecule has 0 aliphatic carbocycles. The van der Waals surface area contributed by atoms with Gasteiger partial charge in [-0.05, 0) is 24.5 Å². The third-order valence-corrected chi connectivity index (χ3v) is 3.19. The molecule has 1 fully saturated rings. The number of anilines is 1. The van der Waals surface area contributed by atoms with Gasteiger partial charge in [-0.1, -0.05) is 12.1 Å². The normalized spacial score (nSPS) is 22.0. The van der Waals surface area contributed by atoms with Gasteiger partial charge in [0.25, 0.3) is 5.91 Å². The van der Waals surface area contributed by atoms with Gasteiger partial charge in [-0.2, -0.15) is 0 Å². The maximum atomic E-state index is 11.9. The van der Waals surface area contributed by atoms with Gasteiger partial charge in [-0.3, -0.25) is 4.79 Å². The number of para-hydroxylation sites is 1. The van der Waals surface area contributed by atoms with Crippen LogP contribution in [0.3, 0.4) is 0 Å². The predicted octanol–water partition coefficient (Wildman–Crippen LogP) is 1.74. The number of ether oxygens (including phenoxy) is 2. The Bertz CT molecular complexity index is 438. The first kappa shape index (κ1) is 10.6. The van der Waals surface area contributed by atoms with E-state index in [-0.39, 0.29) is 12.0 Å². The first-order valence-corrected chi connectivity index (χ1v) is 6.02. The van der Waals surface area contributed by atoms with E-state index in [0.717, 1.165) is 36.3 Å². The number of nitrogens with one attached hydrogen (secondary N) is 1. The highest BCUT2D eigenvalue weighted by atomic mass is 16.5. The summed E-state index contributed by atoms with van der Waals surface area (Å²) in [5.74, 6) is 0.755. The van der Waals surface area contributed by atoms with E-state index in [2.05, 4.69) is 5.32 Å². The fourth-order valence-electron chi connectivity index (χ4n) is 2.31. The molecule has 2 aliphatic heterocycles. The summed E-state index contributed by atoms with van der Waals surface area (Å²) in [6.45, 7) is 1.38. The number of hydrogen-bond acceptors (Lipinski definition) is 3. The maximum absolute atomic E-state index is 11.9. The number of carbonyl (C=O) groups is 1. The average Bonchev–Trinajstić information content (AvgIpc) is 3.00. The zero-order valence-corrected chi connectivity index (χ0v) is 9.57. The van der Waals surface area contributed by atoms with E-state index in [4.69, 9.17) is 9.47 Å². The number of benzene rings is 1. The number of hydrogen-bond donors (Lipinski definition) is 1. The Morgan fingerprint density at radius 1 is 1.35 bits per heavy atom. The Labute approximate surface area is 99.9 Å². The molecule has 1 saturated heterocycles. The lowest BCUT2D eigenvalue weighted by atomic mass is 10.1. The Balaban J connectivity index is 1.76. The molecule has 3 rings (SSSR count). The minimum Gasteiger partial charge on any atom is -0.491 e. The summed E-state index contributed by atoms with van der Waals surface area (Å²) in [5.41, 5.74) is 1.93. The van der Waals surface area contributed by atoms with Crippen molar-refractivity contribution in [3.05, 3.63) is 23.8 Å². The van der Waals surface area contributed by atoms with Crippen LogP contribution in [0.1, 0.15) is 18.4 Å². The van der Waals surface area contributed by atoms with Gasteiger partial charge < -0.3 is 14.8 Å². The van der Waals surface area contributed by atoms with Crippen molar-refractivity contribution in [2.45, 2.75) is 25.4 Å². The summed E-state index contributed by atoms with van der Waals surface area (Å²) >= 11 is 0. The van der Waals surface area contributed by atoms with Crippen LogP contribution in [-0.4, -0.2) is 25.2 Å². The summed E-state index contributed by atoms with van der Waals surface area (Å²) in [6, 6.07) is 5.85. The van der Waals surface area contributed by atoms with E-state index in [0.29, 0.717) is 13.2 Å². The second-order valence-corrected chi connectivity index (χ2v) is 4.38. The number of amides is 1. The van der Waals surface area contributed by atoms with E-state index in [1.54, 1.807) is 0 Å². The van der Waals surface area contributed by atoms with Gasteiger partial charge >= 0.3 is 0 Å². The molecular weight excluding hydrogens is 218 g/mol. The van der Waals surface area contributed by atoms with Crippen LogP contribution in [0.2, 0.25) is 0 Å². The molecule has 0 radical (unpaired) electrons. The largest absolute Gasteiger partial charge is 0.491 e. The molecule has 4 nitrogen and oxygen atoms in total. The summed E-state index contributed by atoms with van der Waals surface area (Å²) in [7, 11) is 0. The van der Waals surface area contributed by atoms with Crippen LogP contribution in [0, 0.1) is 0 Å². The van der Waals surface area contributed by atoms with Crippen molar-refractivity contribution >= 4 is 11.6 Å². The van der Waals surface area contributed by atoms with Crippen LogP contribution in [0.15, 0.2) is 18.2 Å². The molecule has 0 bridgehead atoms. The predicted molar refractivity (Wildman–Crippen MR) is 63.2 cm³/mol. The van der Waals surface area contributed by atoms with Gasteiger partial charge in [0, 0.05) is 13.0 Å². The maximum Gasteiger partial charge on any atom is 0.253 e. The molecule has 90 valence electrons. The van der Waals surface area contributed by atoms with E-state index in [1.165, 1.54) is 0 Å². The molecular formula is C13H15NO3. The highest BCUT2D eigenvalue weighted by Gasteiger charge is 2.25. The quantitative estimate of drug-likeness (QED) is 0.846. The molecule has 4 heteroatoms. The molecule has 1 unspecified atom stereocenters. The zero-order valence-electron chi connectivity index (χ0n) is 9.57. The van der Waals surface area contributed by atoms with Gasteiger partial charge in [0.05, 0.1) is 12.3 Å². The van der Waals surface area contributed by atoms with Gasteiger partial charge in [-0.15, -0.1) is 0 Å². The van der Waals surface area contributed by atoms with Crippen molar-refractivity contribution in [2.24, 2.45) is 0 Å². The Morgan fingerprint density at radius 3 is 3.12 bits per heavy atom. The van der Waals surface area contributed by atoms with Crippen LogP contribution < -0.4 is 10.1 Å². The summed E-state index contributed by atoms with van der Waals surface area (Å²) in [5, 5.41) is 2.90. The summed E-state index contributed by atoms with van der Waals surface area (Å²) in [6.07, 6.45) is 2.38. The fraction of sp³-hybridized carbons (Fsp3) is 0.462. The molecule has 17 heavy (non-hydrogen) atoms. The van der Waals surface area contributed by atoms with E-state index < -0.39 is 0 Å². The minimum absolute atomic E-state index is 0.0635. The Hall–Kier alpha value is -1.55. The average molecular weight is 233 g/mol. The van der Waals surface area contributed by atoms with Crippen LogP contribution in [0.25, 0.3) is 0 Å². The summed E-state index contributed by atoms with van der Waals surface area (Å²) < 4.78 is 10.9.